The molecule has 0 amide bonds. The van der Waals surface area contributed by atoms with Crippen LogP contribution >= 0.6 is 0 Å². The molecule has 1 aliphatic carbocycles. The van der Waals surface area contributed by atoms with Crippen molar-refractivity contribution in [1.82, 2.24) is 5.32 Å². The van der Waals surface area contributed by atoms with Crippen molar-refractivity contribution in [2.45, 2.75) is 44.8 Å². The van der Waals surface area contributed by atoms with E-state index in [9.17, 15) is 4.79 Å². The first kappa shape index (κ1) is 13.1. The van der Waals surface area contributed by atoms with E-state index in [4.69, 9.17) is 4.74 Å². The number of Topliss-reactive ketones (excluding diaryl/α,β-unsaturated/α-hetero) is 1. The molecule has 0 spiro atoms. The first-order valence-corrected chi connectivity index (χ1v) is 6.65. The number of hydrogen-bond acceptors (Lipinski definition) is 3. The summed E-state index contributed by atoms with van der Waals surface area (Å²) in [7, 11) is 1.99. The van der Waals surface area contributed by atoms with Crippen LogP contribution in [0.3, 0.4) is 0 Å². The van der Waals surface area contributed by atoms with Crippen LogP contribution in [0.4, 0.5) is 0 Å². The lowest BCUT2D eigenvalue weighted by Crippen LogP contribution is -2.45. The Bertz CT molecular complexity index is 393. The monoisotopic (exact) mass is 247 g/mol. The van der Waals surface area contributed by atoms with Crippen LogP contribution in [0.15, 0.2) is 24.3 Å². The molecule has 1 aliphatic rings. The topological polar surface area (TPSA) is 38.3 Å². The molecule has 1 N–H and O–H groups in total. The van der Waals surface area contributed by atoms with Crippen molar-refractivity contribution >= 4 is 5.78 Å². The van der Waals surface area contributed by atoms with E-state index in [2.05, 4.69) is 5.32 Å². The summed E-state index contributed by atoms with van der Waals surface area (Å²) < 4.78 is 5.84. The van der Waals surface area contributed by atoms with Gasteiger partial charge in [0.15, 0.2) is 0 Å². The van der Waals surface area contributed by atoms with Crippen molar-refractivity contribution in [3.8, 4) is 5.75 Å². The number of ketones is 1. The molecule has 1 aromatic carbocycles. The Kier molecular flexibility index (Phi) is 4.37. The highest BCUT2D eigenvalue weighted by molar-refractivity contribution is 5.80. The van der Waals surface area contributed by atoms with Crippen LogP contribution in [0, 0.1) is 0 Å². The van der Waals surface area contributed by atoms with Crippen LogP contribution in [0.2, 0.25) is 0 Å². The lowest BCUT2D eigenvalue weighted by molar-refractivity contribution is -0.118. The molecule has 3 nitrogen and oxygen atoms in total. The number of carbonyl (C=O) groups excluding carboxylic acids is 1. The number of ether oxygens (including phenoxy) is 1. The van der Waals surface area contributed by atoms with Crippen LogP contribution < -0.4 is 10.1 Å². The lowest BCUT2D eigenvalue weighted by atomic mass is 9.89. The maximum Gasteiger partial charge on any atom is 0.136 e. The Morgan fingerprint density at radius 3 is 2.56 bits per heavy atom. The van der Waals surface area contributed by atoms with Gasteiger partial charge >= 0.3 is 0 Å². The van der Waals surface area contributed by atoms with Crippen molar-refractivity contribution in [3.05, 3.63) is 29.8 Å². The van der Waals surface area contributed by atoms with Crippen molar-refractivity contribution < 1.29 is 9.53 Å². The van der Waals surface area contributed by atoms with E-state index in [1.54, 1.807) is 0 Å². The average molecular weight is 247 g/mol. The zero-order chi connectivity index (χ0) is 13.0. The SMILES string of the molecule is CCC(=O)Cc1ccc(O[C@H]2C[C@H](NC)C2)cc1. The van der Waals surface area contributed by atoms with Crippen molar-refractivity contribution in [2.75, 3.05) is 7.05 Å². The zero-order valence-electron chi connectivity index (χ0n) is 11.1. The second-order valence-corrected chi connectivity index (χ2v) is 4.91. The molecule has 0 saturated heterocycles. The average Bonchev–Trinajstić information content (AvgIpc) is 2.35. The molecule has 0 aliphatic heterocycles. The van der Waals surface area contributed by atoms with Gasteiger partial charge in [-0.15, -0.1) is 0 Å². The molecular weight excluding hydrogens is 226 g/mol. The van der Waals surface area contributed by atoms with E-state index >= 15 is 0 Å². The molecule has 0 aromatic heterocycles. The van der Waals surface area contributed by atoms with Crippen LogP contribution in [-0.4, -0.2) is 25.0 Å². The Hall–Kier alpha value is -1.35. The molecule has 1 saturated carbocycles. The van der Waals surface area contributed by atoms with Gasteiger partial charge in [0.1, 0.15) is 17.6 Å². The van der Waals surface area contributed by atoms with E-state index < -0.39 is 0 Å². The normalized spacial score (nSPS) is 22.3. The highest BCUT2D eigenvalue weighted by atomic mass is 16.5. The minimum absolute atomic E-state index is 0.277. The predicted octanol–water partition coefficient (Wildman–Crippen LogP) is 2.34. The number of hydrogen-bond donors (Lipinski definition) is 1. The Morgan fingerprint density at radius 1 is 1.33 bits per heavy atom. The summed E-state index contributed by atoms with van der Waals surface area (Å²) in [5.74, 6) is 1.18. The third kappa shape index (κ3) is 3.33. The van der Waals surface area contributed by atoms with Gasteiger partial charge in [0.25, 0.3) is 0 Å². The number of nitrogens with one attached hydrogen (secondary N) is 1. The van der Waals surface area contributed by atoms with Crippen molar-refractivity contribution in [1.29, 1.82) is 0 Å². The van der Waals surface area contributed by atoms with Gasteiger partial charge in [-0.05, 0) is 37.6 Å². The summed E-state index contributed by atoms with van der Waals surface area (Å²) in [5.41, 5.74) is 1.07. The number of benzene rings is 1. The quantitative estimate of drug-likeness (QED) is 0.838. The highest BCUT2D eigenvalue weighted by Gasteiger charge is 2.29. The fourth-order valence-electron chi connectivity index (χ4n) is 2.13. The van der Waals surface area contributed by atoms with Gasteiger partial charge in [-0.25, -0.2) is 0 Å². The third-order valence-electron chi connectivity index (χ3n) is 3.52. The van der Waals surface area contributed by atoms with Gasteiger partial charge < -0.3 is 10.1 Å². The predicted molar refractivity (Wildman–Crippen MR) is 71.9 cm³/mol. The van der Waals surface area contributed by atoms with Crippen molar-refractivity contribution in [3.63, 3.8) is 0 Å². The Morgan fingerprint density at radius 2 is 2.00 bits per heavy atom. The van der Waals surface area contributed by atoms with Crippen LogP contribution in [0.5, 0.6) is 5.75 Å². The molecule has 0 bridgehead atoms. The first-order valence-electron chi connectivity index (χ1n) is 6.65. The molecule has 3 heteroatoms. The molecule has 0 unspecified atom stereocenters. The minimum atomic E-state index is 0.277. The van der Waals surface area contributed by atoms with Crippen LogP contribution in [0.25, 0.3) is 0 Å². The number of rotatable bonds is 6. The summed E-state index contributed by atoms with van der Waals surface area (Å²) in [6.45, 7) is 1.90. The molecule has 18 heavy (non-hydrogen) atoms. The standard InChI is InChI=1S/C15H21NO2/c1-3-13(17)8-11-4-6-14(7-5-11)18-15-9-12(10-15)16-2/h4-7,12,15-16H,3,8-10H2,1-2H3/t12-,15-. The Balaban J connectivity index is 1.83. The highest BCUT2D eigenvalue weighted by Crippen LogP contribution is 2.25. The molecular formula is C15H21NO2. The first-order chi connectivity index (χ1) is 8.71. The smallest absolute Gasteiger partial charge is 0.136 e. The van der Waals surface area contributed by atoms with E-state index in [1.165, 1.54) is 0 Å². The maximum atomic E-state index is 11.3. The van der Waals surface area contributed by atoms with Gasteiger partial charge in [0, 0.05) is 18.9 Å². The maximum absolute atomic E-state index is 11.3. The van der Waals surface area contributed by atoms with Gasteiger partial charge in [-0.1, -0.05) is 19.1 Å². The molecule has 2 rings (SSSR count). The zero-order valence-corrected chi connectivity index (χ0v) is 11.1. The third-order valence-corrected chi connectivity index (χ3v) is 3.52. The summed E-state index contributed by atoms with van der Waals surface area (Å²) in [6, 6.07) is 8.50. The van der Waals surface area contributed by atoms with E-state index in [0.717, 1.165) is 24.2 Å². The van der Waals surface area contributed by atoms with E-state index in [0.29, 0.717) is 25.0 Å². The molecule has 0 radical (unpaired) electrons. The lowest BCUT2D eigenvalue weighted by Gasteiger charge is -2.35. The fourth-order valence-corrected chi connectivity index (χ4v) is 2.13. The minimum Gasteiger partial charge on any atom is -0.490 e. The van der Waals surface area contributed by atoms with Gasteiger partial charge in [0.2, 0.25) is 0 Å². The van der Waals surface area contributed by atoms with E-state index in [-0.39, 0.29) is 5.78 Å². The van der Waals surface area contributed by atoms with Gasteiger partial charge in [-0.3, -0.25) is 4.79 Å². The van der Waals surface area contributed by atoms with E-state index in [1.807, 2.05) is 38.2 Å². The van der Waals surface area contributed by atoms with Crippen molar-refractivity contribution in [2.24, 2.45) is 0 Å². The van der Waals surface area contributed by atoms with Gasteiger partial charge in [0.05, 0.1) is 0 Å². The molecule has 0 atom stereocenters. The molecule has 1 fully saturated rings. The second kappa shape index (κ2) is 6.01. The largest absolute Gasteiger partial charge is 0.490 e. The summed E-state index contributed by atoms with van der Waals surface area (Å²) in [5, 5.41) is 3.24. The summed E-state index contributed by atoms with van der Waals surface area (Å²) in [4.78, 5) is 11.3. The molecule has 98 valence electrons. The number of carbonyl (C=O) groups is 1. The van der Waals surface area contributed by atoms with Crippen LogP contribution in [0.1, 0.15) is 31.7 Å². The summed E-state index contributed by atoms with van der Waals surface area (Å²) in [6.07, 6.45) is 3.62. The Labute approximate surface area is 109 Å². The summed E-state index contributed by atoms with van der Waals surface area (Å²) >= 11 is 0. The second-order valence-electron chi connectivity index (χ2n) is 4.91. The fraction of sp³-hybridized carbons (Fsp3) is 0.533. The molecule has 1 aromatic rings. The van der Waals surface area contributed by atoms with Gasteiger partial charge in [-0.2, -0.15) is 0 Å². The van der Waals surface area contributed by atoms with Crippen LogP contribution in [-0.2, 0) is 11.2 Å². The molecule has 0 heterocycles.